The monoisotopic (exact) mass is 239 g/mol. The summed E-state index contributed by atoms with van der Waals surface area (Å²) in [4.78, 5) is 12.3. The fourth-order valence-electron chi connectivity index (χ4n) is 1.20. The van der Waals surface area contributed by atoms with Gasteiger partial charge in [0.2, 0.25) is 0 Å². The molecule has 4 heteroatoms. The van der Waals surface area contributed by atoms with E-state index in [-0.39, 0.29) is 10.7 Å². The molecule has 0 radical (unpaired) electrons. The van der Waals surface area contributed by atoms with E-state index in [9.17, 15) is 4.79 Å². The maximum atomic E-state index is 11.4. The van der Waals surface area contributed by atoms with Crippen LogP contribution in [0.2, 0.25) is 0 Å². The third-order valence-corrected chi connectivity index (χ3v) is 3.04. The smallest absolute Gasteiger partial charge is 0.337 e. The highest BCUT2D eigenvalue weighted by Gasteiger charge is 2.16. The number of rotatable bonds is 2. The van der Waals surface area contributed by atoms with E-state index < -0.39 is 0 Å². The van der Waals surface area contributed by atoms with Crippen LogP contribution in [0.15, 0.2) is 23.1 Å². The molecule has 2 N–H and O–H groups in total. The predicted octanol–water partition coefficient (Wildman–Crippen LogP) is 2.95. The lowest BCUT2D eigenvalue weighted by Gasteiger charge is -2.19. The van der Waals surface area contributed by atoms with Crippen LogP contribution in [-0.2, 0) is 4.74 Å². The van der Waals surface area contributed by atoms with Crippen molar-refractivity contribution in [3.8, 4) is 0 Å². The van der Waals surface area contributed by atoms with Crippen LogP contribution >= 0.6 is 11.8 Å². The third kappa shape index (κ3) is 3.45. The van der Waals surface area contributed by atoms with Crippen molar-refractivity contribution in [1.82, 2.24) is 0 Å². The molecule has 0 unspecified atom stereocenters. The van der Waals surface area contributed by atoms with Crippen molar-refractivity contribution in [2.24, 2.45) is 0 Å². The summed E-state index contributed by atoms with van der Waals surface area (Å²) in [7, 11) is 1.37. The fraction of sp³-hybridized carbons (Fsp3) is 0.417. The third-order valence-electron chi connectivity index (χ3n) is 1.85. The molecule has 1 aromatic carbocycles. The van der Waals surface area contributed by atoms with Gasteiger partial charge in [-0.05, 0) is 18.2 Å². The molecule has 0 aromatic heterocycles. The van der Waals surface area contributed by atoms with Crippen LogP contribution in [-0.4, -0.2) is 17.8 Å². The Bertz CT molecular complexity index is 396. The van der Waals surface area contributed by atoms with Crippen molar-refractivity contribution in [1.29, 1.82) is 0 Å². The summed E-state index contributed by atoms with van der Waals surface area (Å²) in [6.07, 6.45) is 0. The van der Waals surface area contributed by atoms with Gasteiger partial charge in [-0.2, -0.15) is 0 Å². The maximum absolute atomic E-state index is 11.4. The molecule has 0 saturated carbocycles. The number of hydrogen-bond donors (Lipinski definition) is 1. The molecule has 0 heterocycles. The van der Waals surface area contributed by atoms with Crippen LogP contribution in [0.1, 0.15) is 31.1 Å². The molecule has 3 nitrogen and oxygen atoms in total. The van der Waals surface area contributed by atoms with Gasteiger partial charge in [0.15, 0.2) is 0 Å². The van der Waals surface area contributed by atoms with Crippen LogP contribution in [0.4, 0.5) is 5.69 Å². The molecule has 0 aliphatic heterocycles. The molecule has 0 aliphatic rings. The van der Waals surface area contributed by atoms with E-state index in [2.05, 4.69) is 25.5 Å². The Morgan fingerprint density at radius 1 is 1.38 bits per heavy atom. The second-order valence-corrected chi connectivity index (χ2v) is 6.33. The quantitative estimate of drug-likeness (QED) is 0.490. The first-order valence-corrected chi connectivity index (χ1v) is 5.82. The van der Waals surface area contributed by atoms with Gasteiger partial charge >= 0.3 is 5.97 Å². The summed E-state index contributed by atoms with van der Waals surface area (Å²) in [6, 6.07) is 5.19. The van der Waals surface area contributed by atoms with E-state index in [0.717, 1.165) is 4.90 Å². The predicted molar refractivity (Wildman–Crippen MR) is 67.8 cm³/mol. The lowest BCUT2D eigenvalue weighted by molar-refractivity contribution is 0.0600. The topological polar surface area (TPSA) is 52.3 Å². The highest BCUT2D eigenvalue weighted by molar-refractivity contribution is 8.00. The summed E-state index contributed by atoms with van der Waals surface area (Å²) in [5.74, 6) is -0.337. The van der Waals surface area contributed by atoms with Crippen LogP contribution in [0.3, 0.4) is 0 Å². The second-order valence-electron chi connectivity index (χ2n) is 4.46. The van der Waals surface area contributed by atoms with E-state index in [4.69, 9.17) is 5.73 Å². The molecule has 0 amide bonds. The van der Waals surface area contributed by atoms with Gasteiger partial charge in [0.1, 0.15) is 0 Å². The van der Waals surface area contributed by atoms with Crippen molar-refractivity contribution in [2.45, 2.75) is 30.4 Å². The molecule has 1 rings (SSSR count). The number of hydrogen-bond acceptors (Lipinski definition) is 4. The summed E-state index contributed by atoms with van der Waals surface area (Å²) in [5.41, 5.74) is 7.08. The van der Waals surface area contributed by atoms with E-state index in [1.165, 1.54) is 7.11 Å². The highest BCUT2D eigenvalue weighted by Crippen LogP contribution is 2.35. The molecule has 0 bridgehead atoms. The van der Waals surface area contributed by atoms with Gasteiger partial charge in [0.05, 0.1) is 12.7 Å². The van der Waals surface area contributed by atoms with Gasteiger partial charge in [-0.25, -0.2) is 4.79 Å². The minimum absolute atomic E-state index is 0.0584. The minimum atomic E-state index is -0.337. The zero-order chi connectivity index (χ0) is 12.3. The first kappa shape index (κ1) is 12.9. The molecule has 0 spiro atoms. The van der Waals surface area contributed by atoms with Crippen molar-refractivity contribution < 1.29 is 9.53 Å². The van der Waals surface area contributed by atoms with Gasteiger partial charge in [-0.1, -0.05) is 20.8 Å². The van der Waals surface area contributed by atoms with Crippen molar-refractivity contribution in [3.05, 3.63) is 23.8 Å². The Labute approximate surface area is 100 Å². The van der Waals surface area contributed by atoms with E-state index >= 15 is 0 Å². The molecular formula is C12H17NO2S. The van der Waals surface area contributed by atoms with Gasteiger partial charge < -0.3 is 10.5 Å². The number of nitrogen functional groups attached to an aromatic ring is 1. The number of carbonyl (C=O) groups is 1. The van der Waals surface area contributed by atoms with Crippen molar-refractivity contribution >= 4 is 23.4 Å². The highest BCUT2D eigenvalue weighted by atomic mass is 32.2. The number of anilines is 1. The van der Waals surface area contributed by atoms with Gasteiger partial charge in [0, 0.05) is 15.3 Å². The average molecular weight is 239 g/mol. The Balaban J connectivity index is 3.04. The molecule has 0 fully saturated rings. The van der Waals surface area contributed by atoms with Crippen LogP contribution in [0, 0.1) is 0 Å². The lowest BCUT2D eigenvalue weighted by atomic mass is 10.2. The zero-order valence-electron chi connectivity index (χ0n) is 10.0. The molecule has 0 saturated heterocycles. The number of thioether (sulfide) groups is 1. The Morgan fingerprint density at radius 2 is 2.00 bits per heavy atom. The number of benzene rings is 1. The summed E-state index contributed by atoms with van der Waals surface area (Å²) in [5, 5.41) is 0. The van der Waals surface area contributed by atoms with Gasteiger partial charge in [0.25, 0.3) is 0 Å². The maximum Gasteiger partial charge on any atom is 0.337 e. The first-order chi connectivity index (χ1) is 7.33. The lowest BCUT2D eigenvalue weighted by Crippen LogP contribution is -2.09. The van der Waals surface area contributed by atoms with Crippen LogP contribution in [0.5, 0.6) is 0 Å². The van der Waals surface area contributed by atoms with Gasteiger partial charge in [-0.15, -0.1) is 11.8 Å². The molecule has 1 aromatic rings. The molecule has 0 aliphatic carbocycles. The summed E-state index contributed by atoms with van der Waals surface area (Å²) in [6.45, 7) is 6.30. The van der Waals surface area contributed by atoms with Crippen molar-refractivity contribution in [2.75, 3.05) is 12.8 Å². The number of esters is 1. The average Bonchev–Trinajstić information content (AvgIpc) is 2.18. The summed E-state index contributed by atoms with van der Waals surface area (Å²) >= 11 is 1.64. The first-order valence-electron chi connectivity index (χ1n) is 5.00. The Hall–Kier alpha value is -1.16. The molecule has 16 heavy (non-hydrogen) atoms. The van der Waals surface area contributed by atoms with Crippen LogP contribution in [0.25, 0.3) is 0 Å². The normalized spacial score (nSPS) is 11.2. The summed E-state index contributed by atoms with van der Waals surface area (Å²) < 4.78 is 4.73. The molecular weight excluding hydrogens is 222 g/mol. The van der Waals surface area contributed by atoms with Crippen LogP contribution < -0.4 is 5.73 Å². The number of carbonyl (C=O) groups excluding carboxylic acids is 1. The Kier molecular flexibility index (Phi) is 3.86. The standard InChI is InChI=1S/C12H17NO2S/c1-12(2,3)16-10-7-8(11(14)15-4)5-6-9(10)13/h5-7H,13H2,1-4H3. The minimum Gasteiger partial charge on any atom is -0.465 e. The number of nitrogens with two attached hydrogens (primary N) is 1. The second kappa shape index (κ2) is 4.78. The zero-order valence-corrected chi connectivity index (χ0v) is 10.9. The van der Waals surface area contributed by atoms with Gasteiger partial charge in [-0.3, -0.25) is 0 Å². The van der Waals surface area contributed by atoms with E-state index in [0.29, 0.717) is 11.3 Å². The number of methoxy groups -OCH3 is 1. The SMILES string of the molecule is COC(=O)c1ccc(N)c(SC(C)(C)C)c1. The number of ether oxygens (including phenoxy) is 1. The fourth-order valence-corrected chi connectivity index (χ4v) is 2.23. The van der Waals surface area contributed by atoms with Crippen molar-refractivity contribution in [3.63, 3.8) is 0 Å². The molecule has 0 atom stereocenters. The largest absolute Gasteiger partial charge is 0.465 e. The van der Waals surface area contributed by atoms with E-state index in [1.807, 2.05) is 0 Å². The van der Waals surface area contributed by atoms with E-state index in [1.54, 1.807) is 30.0 Å². The molecule has 88 valence electrons. The Morgan fingerprint density at radius 3 is 2.50 bits per heavy atom.